The normalized spacial score (nSPS) is 11.1. The van der Waals surface area contributed by atoms with Gasteiger partial charge in [-0.2, -0.15) is 0 Å². The second-order valence-electron chi connectivity index (χ2n) is 4.60. The van der Waals surface area contributed by atoms with Gasteiger partial charge in [-0.15, -0.1) is 10.2 Å². The summed E-state index contributed by atoms with van der Waals surface area (Å²) in [6.45, 7) is 1.65. The average Bonchev–Trinajstić information content (AvgIpc) is 2.87. The van der Waals surface area contributed by atoms with Gasteiger partial charge >= 0.3 is 0 Å². The molecule has 0 aliphatic carbocycles. The third-order valence-corrected chi connectivity index (χ3v) is 3.36. The number of aromatic nitrogens is 3. The van der Waals surface area contributed by atoms with Gasteiger partial charge in [0.05, 0.1) is 0 Å². The summed E-state index contributed by atoms with van der Waals surface area (Å²) < 4.78 is 2.01. The molecule has 2 heterocycles. The highest BCUT2D eigenvalue weighted by Gasteiger charge is 2.03. The Morgan fingerprint density at radius 1 is 1.10 bits per heavy atom. The highest BCUT2D eigenvalue weighted by molar-refractivity contribution is 6.30. The number of fused-ring (bicyclic) bond motifs is 1. The molecule has 0 atom stereocenters. The van der Waals surface area contributed by atoms with Crippen LogP contribution in [0.25, 0.3) is 5.65 Å². The topological polar surface area (TPSA) is 42.2 Å². The number of hydrogen-bond donors (Lipinski definition) is 1. The molecule has 20 heavy (non-hydrogen) atoms. The molecule has 0 aliphatic rings. The third-order valence-electron chi connectivity index (χ3n) is 3.13. The molecule has 4 nitrogen and oxygen atoms in total. The van der Waals surface area contributed by atoms with Crippen molar-refractivity contribution in [2.24, 2.45) is 0 Å². The smallest absolute Gasteiger partial charge is 0.160 e. The third kappa shape index (κ3) is 2.98. The number of pyridine rings is 1. The van der Waals surface area contributed by atoms with Crippen LogP contribution in [0, 0.1) is 0 Å². The van der Waals surface area contributed by atoms with E-state index in [0.29, 0.717) is 0 Å². The van der Waals surface area contributed by atoms with Crippen molar-refractivity contribution in [1.29, 1.82) is 0 Å². The first-order valence-corrected chi connectivity index (χ1v) is 6.94. The van der Waals surface area contributed by atoms with E-state index in [2.05, 4.69) is 21.6 Å². The van der Waals surface area contributed by atoms with Crippen molar-refractivity contribution >= 4 is 17.2 Å². The maximum absolute atomic E-state index is 5.95. The van der Waals surface area contributed by atoms with Crippen LogP contribution < -0.4 is 5.32 Å². The van der Waals surface area contributed by atoms with E-state index in [-0.39, 0.29) is 0 Å². The van der Waals surface area contributed by atoms with Crippen molar-refractivity contribution < 1.29 is 0 Å². The van der Waals surface area contributed by atoms with Crippen molar-refractivity contribution in [3.8, 4) is 0 Å². The van der Waals surface area contributed by atoms with Crippen LogP contribution in [0.2, 0.25) is 5.02 Å². The van der Waals surface area contributed by atoms with Gasteiger partial charge in [-0.25, -0.2) is 0 Å². The molecule has 0 radical (unpaired) electrons. The molecule has 102 valence electrons. The van der Waals surface area contributed by atoms with Crippen molar-refractivity contribution in [1.82, 2.24) is 19.9 Å². The van der Waals surface area contributed by atoms with Crippen LogP contribution in [0.5, 0.6) is 0 Å². The van der Waals surface area contributed by atoms with Gasteiger partial charge in [0.15, 0.2) is 5.65 Å². The van der Waals surface area contributed by atoms with E-state index < -0.39 is 0 Å². The summed E-state index contributed by atoms with van der Waals surface area (Å²) >= 11 is 5.95. The van der Waals surface area contributed by atoms with Crippen LogP contribution in [-0.4, -0.2) is 21.1 Å². The van der Waals surface area contributed by atoms with Gasteiger partial charge in [0, 0.05) is 30.7 Å². The Kier molecular flexibility index (Phi) is 3.95. The number of rotatable bonds is 5. The Balaban J connectivity index is 1.55. The lowest BCUT2D eigenvalue weighted by atomic mass is 10.2. The lowest BCUT2D eigenvalue weighted by Gasteiger charge is -2.04. The summed E-state index contributed by atoms with van der Waals surface area (Å²) in [7, 11) is 0. The van der Waals surface area contributed by atoms with E-state index in [0.717, 1.165) is 36.0 Å². The summed E-state index contributed by atoms with van der Waals surface area (Å²) in [6.07, 6.45) is 2.83. The molecule has 0 amide bonds. The van der Waals surface area contributed by atoms with Gasteiger partial charge in [0.2, 0.25) is 0 Å². The summed E-state index contributed by atoms with van der Waals surface area (Å²) in [4.78, 5) is 0. The lowest BCUT2D eigenvalue weighted by molar-refractivity contribution is 0.667. The van der Waals surface area contributed by atoms with Crippen molar-refractivity contribution in [3.63, 3.8) is 0 Å². The fraction of sp³-hybridized carbons (Fsp3) is 0.200. The summed E-state index contributed by atoms with van der Waals surface area (Å²) in [5, 5.41) is 12.5. The summed E-state index contributed by atoms with van der Waals surface area (Å²) in [6, 6.07) is 13.8. The van der Waals surface area contributed by atoms with Gasteiger partial charge < -0.3 is 5.32 Å². The summed E-state index contributed by atoms with van der Waals surface area (Å²) in [5.41, 5.74) is 2.07. The van der Waals surface area contributed by atoms with E-state index >= 15 is 0 Å². The minimum Gasteiger partial charge on any atom is -0.312 e. The highest BCUT2D eigenvalue weighted by atomic mass is 35.5. The molecular formula is C15H15ClN4. The monoisotopic (exact) mass is 286 g/mol. The second-order valence-corrected chi connectivity index (χ2v) is 5.04. The van der Waals surface area contributed by atoms with Crippen LogP contribution in [0.3, 0.4) is 0 Å². The van der Waals surface area contributed by atoms with E-state index in [1.165, 1.54) is 5.56 Å². The van der Waals surface area contributed by atoms with Crippen molar-refractivity contribution in [3.05, 3.63) is 65.1 Å². The molecule has 0 bridgehead atoms. The van der Waals surface area contributed by atoms with Crippen molar-refractivity contribution in [2.45, 2.75) is 13.0 Å². The number of hydrogen-bond acceptors (Lipinski definition) is 3. The first-order chi connectivity index (χ1) is 9.83. The maximum atomic E-state index is 5.95. The highest BCUT2D eigenvalue weighted by Crippen LogP contribution is 2.10. The molecule has 1 N–H and O–H groups in total. The minimum atomic E-state index is 0.771. The van der Waals surface area contributed by atoms with Gasteiger partial charge in [0.1, 0.15) is 5.82 Å². The lowest BCUT2D eigenvalue weighted by Crippen LogP contribution is -2.17. The van der Waals surface area contributed by atoms with E-state index in [9.17, 15) is 0 Å². The molecule has 3 rings (SSSR count). The molecule has 0 unspecified atom stereocenters. The van der Waals surface area contributed by atoms with E-state index in [1.807, 2.05) is 47.0 Å². The van der Waals surface area contributed by atoms with E-state index in [1.54, 1.807) is 0 Å². The zero-order chi connectivity index (χ0) is 13.8. The van der Waals surface area contributed by atoms with E-state index in [4.69, 9.17) is 11.6 Å². The second kappa shape index (κ2) is 6.03. The number of benzene rings is 1. The molecule has 2 aromatic heterocycles. The maximum Gasteiger partial charge on any atom is 0.160 e. The SMILES string of the molecule is Clc1cccc(CNCCc2nnc3ccccn23)c1. The minimum absolute atomic E-state index is 0.771. The Labute approximate surface area is 122 Å². The number of nitrogens with zero attached hydrogens (tertiary/aromatic N) is 3. The molecule has 3 aromatic rings. The first kappa shape index (κ1) is 13.1. The fourth-order valence-corrected chi connectivity index (χ4v) is 2.35. The summed E-state index contributed by atoms with van der Waals surface area (Å²) in [5.74, 6) is 0.971. The number of halogens is 1. The molecule has 5 heteroatoms. The predicted molar refractivity (Wildman–Crippen MR) is 79.8 cm³/mol. The Bertz CT molecular complexity index is 708. The van der Waals surface area contributed by atoms with Crippen molar-refractivity contribution in [2.75, 3.05) is 6.54 Å². The molecule has 0 aliphatic heterocycles. The molecule has 0 saturated carbocycles. The predicted octanol–water partition coefficient (Wildman–Crippen LogP) is 2.72. The van der Waals surface area contributed by atoms with Crippen LogP contribution in [0.15, 0.2) is 48.7 Å². The van der Waals surface area contributed by atoms with Crippen LogP contribution in [0.1, 0.15) is 11.4 Å². The van der Waals surface area contributed by atoms with Gasteiger partial charge in [-0.3, -0.25) is 4.40 Å². The zero-order valence-corrected chi connectivity index (χ0v) is 11.7. The standard InChI is InChI=1S/C15H15ClN4/c16-13-5-3-4-12(10-13)11-17-8-7-15-19-18-14-6-1-2-9-20(14)15/h1-6,9-10,17H,7-8,11H2. The molecule has 1 aromatic carbocycles. The largest absolute Gasteiger partial charge is 0.312 e. The Hall–Kier alpha value is -1.91. The first-order valence-electron chi connectivity index (χ1n) is 6.57. The Morgan fingerprint density at radius 3 is 2.95 bits per heavy atom. The quantitative estimate of drug-likeness (QED) is 0.733. The average molecular weight is 287 g/mol. The van der Waals surface area contributed by atoms with Gasteiger partial charge in [0.25, 0.3) is 0 Å². The van der Waals surface area contributed by atoms with Crippen LogP contribution >= 0.6 is 11.6 Å². The molecule has 0 spiro atoms. The van der Waals surface area contributed by atoms with Gasteiger partial charge in [-0.1, -0.05) is 29.8 Å². The van der Waals surface area contributed by atoms with Crippen LogP contribution in [-0.2, 0) is 13.0 Å². The Morgan fingerprint density at radius 2 is 2.05 bits per heavy atom. The molecular weight excluding hydrogens is 272 g/mol. The zero-order valence-electron chi connectivity index (χ0n) is 11.0. The number of nitrogens with one attached hydrogen (secondary N) is 1. The fourth-order valence-electron chi connectivity index (χ4n) is 2.14. The van der Waals surface area contributed by atoms with Crippen LogP contribution in [0.4, 0.5) is 0 Å². The molecule has 0 saturated heterocycles. The van der Waals surface area contributed by atoms with Gasteiger partial charge in [-0.05, 0) is 29.8 Å². The molecule has 0 fully saturated rings.